The Hall–Kier alpha value is -2.45. The Morgan fingerprint density at radius 2 is 2.15 bits per heavy atom. The number of likely N-dealkylation sites (N-methyl/N-ethyl adjacent to an activating group) is 1. The van der Waals surface area contributed by atoms with Crippen LogP contribution in [0, 0.1) is 0 Å². The van der Waals surface area contributed by atoms with E-state index in [0.29, 0.717) is 26.2 Å². The van der Waals surface area contributed by atoms with Crippen molar-refractivity contribution in [3.8, 4) is 0 Å². The standard InChI is InChI=1S/C19H26N4O4/c1-3-17-20-15-6-4-5-7-16(15)23(17)12-18(24)22-8-9-27-14(11-22)10-21(2)13-19(25)26/h4-7,14H,3,8-13H2,1-2H3,(H,25,26)/t14-/m1/s1. The fourth-order valence-electron chi connectivity index (χ4n) is 3.51. The molecule has 146 valence electrons. The molecular formula is C19H26N4O4. The number of imidazole rings is 1. The molecule has 0 unspecified atom stereocenters. The summed E-state index contributed by atoms with van der Waals surface area (Å²) >= 11 is 0. The SMILES string of the molecule is CCc1nc2ccccc2n1CC(=O)N1CCO[C@H](CN(C)CC(=O)O)C1. The van der Waals surface area contributed by atoms with Crippen LogP contribution < -0.4 is 0 Å². The molecule has 1 aliphatic heterocycles. The van der Waals surface area contributed by atoms with Gasteiger partial charge in [-0.15, -0.1) is 0 Å². The van der Waals surface area contributed by atoms with Gasteiger partial charge < -0.3 is 19.3 Å². The predicted octanol–water partition coefficient (Wildman–Crippen LogP) is 0.843. The van der Waals surface area contributed by atoms with E-state index >= 15 is 0 Å². The van der Waals surface area contributed by atoms with Gasteiger partial charge in [0, 0.05) is 26.1 Å². The summed E-state index contributed by atoms with van der Waals surface area (Å²) < 4.78 is 7.70. The molecule has 2 aromatic rings. The van der Waals surface area contributed by atoms with Crippen molar-refractivity contribution < 1.29 is 19.4 Å². The number of benzene rings is 1. The summed E-state index contributed by atoms with van der Waals surface area (Å²) in [6.45, 7) is 4.19. The molecule has 27 heavy (non-hydrogen) atoms. The molecule has 1 aromatic heterocycles. The molecule has 0 bridgehead atoms. The lowest BCUT2D eigenvalue weighted by Gasteiger charge is -2.34. The van der Waals surface area contributed by atoms with Gasteiger partial charge in [-0.05, 0) is 19.2 Å². The number of aryl methyl sites for hydroxylation is 1. The molecule has 1 amide bonds. The maximum absolute atomic E-state index is 12.9. The Balaban J connectivity index is 1.67. The minimum atomic E-state index is -0.875. The van der Waals surface area contributed by atoms with E-state index in [1.807, 2.05) is 35.8 Å². The highest BCUT2D eigenvalue weighted by atomic mass is 16.5. The number of nitrogens with zero attached hydrogens (tertiary/aromatic N) is 4. The van der Waals surface area contributed by atoms with Crippen molar-refractivity contribution in [2.24, 2.45) is 0 Å². The number of ether oxygens (including phenoxy) is 1. The topological polar surface area (TPSA) is 87.9 Å². The zero-order chi connectivity index (χ0) is 19.4. The first kappa shape index (κ1) is 19.3. The van der Waals surface area contributed by atoms with Gasteiger partial charge in [0.1, 0.15) is 12.4 Å². The molecule has 0 saturated carbocycles. The van der Waals surface area contributed by atoms with Crippen molar-refractivity contribution in [3.05, 3.63) is 30.1 Å². The summed E-state index contributed by atoms with van der Waals surface area (Å²) in [4.78, 5) is 31.8. The van der Waals surface area contributed by atoms with E-state index in [4.69, 9.17) is 9.84 Å². The van der Waals surface area contributed by atoms with Gasteiger partial charge in [0.15, 0.2) is 0 Å². The monoisotopic (exact) mass is 374 g/mol. The third kappa shape index (κ3) is 4.64. The Bertz CT molecular complexity index is 819. The van der Waals surface area contributed by atoms with Crippen LogP contribution in [0.15, 0.2) is 24.3 Å². The summed E-state index contributed by atoms with van der Waals surface area (Å²) in [6.07, 6.45) is 0.574. The number of morpholine rings is 1. The first-order chi connectivity index (χ1) is 13.0. The van der Waals surface area contributed by atoms with Gasteiger partial charge in [-0.1, -0.05) is 19.1 Å². The summed E-state index contributed by atoms with van der Waals surface area (Å²) in [6, 6.07) is 7.84. The Labute approximate surface area is 158 Å². The number of amides is 1. The molecule has 0 radical (unpaired) electrons. The molecule has 1 fully saturated rings. The van der Waals surface area contributed by atoms with Crippen molar-refractivity contribution in [1.29, 1.82) is 0 Å². The lowest BCUT2D eigenvalue weighted by molar-refractivity contribution is -0.142. The number of aromatic nitrogens is 2. The van der Waals surface area contributed by atoms with E-state index in [2.05, 4.69) is 4.98 Å². The van der Waals surface area contributed by atoms with Crippen LogP contribution in [0.4, 0.5) is 0 Å². The second-order valence-electron chi connectivity index (χ2n) is 6.88. The van der Waals surface area contributed by atoms with Crippen molar-refractivity contribution in [2.45, 2.75) is 26.0 Å². The summed E-state index contributed by atoms with van der Waals surface area (Å²) in [5.74, 6) is 0.0536. The number of aliphatic carboxylic acids is 1. The molecule has 3 rings (SSSR count). The van der Waals surface area contributed by atoms with Crippen LogP contribution in [0.1, 0.15) is 12.7 Å². The first-order valence-corrected chi connectivity index (χ1v) is 9.21. The molecule has 1 aliphatic rings. The second-order valence-corrected chi connectivity index (χ2v) is 6.88. The lowest BCUT2D eigenvalue weighted by atomic mass is 10.2. The number of carboxylic acid groups (broad SMARTS) is 1. The average molecular weight is 374 g/mol. The fourth-order valence-corrected chi connectivity index (χ4v) is 3.51. The van der Waals surface area contributed by atoms with Crippen LogP contribution in [0.5, 0.6) is 0 Å². The van der Waals surface area contributed by atoms with Crippen LogP contribution in [-0.4, -0.2) is 82.3 Å². The Kier molecular flexibility index (Phi) is 6.08. The van der Waals surface area contributed by atoms with E-state index in [-0.39, 0.29) is 25.1 Å². The maximum atomic E-state index is 12.9. The number of fused-ring (bicyclic) bond motifs is 1. The molecule has 8 heteroatoms. The van der Waals surface area contributed by atoms with Crippen LogP contribution in [-0.2, 0) is 27.3 Å². The molecule has 1 N–H and O–H groups in total. The van der Waals surface area contributed by atoms with E-state index < -0.39 is 5.97 Å². The van der Waals surface area contributed by atoms with Gasteiger partial charge in [-0.3, -0.25) is 14.5 Å². The van der Waals surface area contributed by atoms with Crippen molar-refractivity contribution in [2.75, 3.05) is 39.8 Å². The number of para-hydroxylation sites is 2. The molecule has 1 saturated heterocycles. The third-order valence-electron chi connectivity index (χ3n) is 4.76. The zero-order valence-corrected chi connectivity index (χ0v) is 15.8. The van der Waals surface area contributed by atoms with E-state index in [0.717, 1.165) is 23.3 Å². The number of carbonyl (C=O) groups excluding carboxylic acids is 1. The van der Waals surface area contributed by atoms with Crippen LogP contribution in [0.3, 0.4) is 0 Å². The highest BCUT2D eigenvalue weighted by Gasteiger charge is 2.26. The van der Waals surface area contributed by atoms with Gasteiger partial charge >= 0.3 is 5.97 Å². The smallest absolute Gasteiger partial charge is 0.317 e. The van der Waals surface area contributed by atoms with Crippen LogP contribution >= 0.6 is 0 Å². The van der Waals surface area contributed by atoms with E-state index in [1.54, 1.807) is 16.8 Å². The largest absolute Gasteiger partial charge is 0.480 e. The normalized spacial score (nSPS) is 17.6. The molecule has 1 aromatic carbocycles. The van der Waals surface area contributed by atoms with Crippen molar-refractivity contribution in [3.63, 3.8) is 0 Å². The highest BCUT2D eigenvalue weighted by molar-refractivity contribution is 5.81. The van der Waals surface area contributed by atoms with E-state index in [1.165, 1.54) is 0 Å². The molecule has 1 atom stereocenters. The maximum Gasteiger partial charge on any atom is 0.317 e. The summed E-state index contributed by atoms with van der Waals surface area (Å²) in [5, 5.41) is 8.88. The first-order valence-electron chi connectivity index (χ1n) is 9.21. The number of hydrogen-bond donors (Lipinski definition) is 1. The van der Waals surface area contributed by atoms with Gasteiger partial charge in [0.05, 0.1) is 30.3 Å². The van der Waals surface area contributed by atoms with Gasteiger partial charge in [0.2, 0.25) is 5.91 Å². The molecular weight excluding hydrogens is 348 g/mol. The predicted molar refractivity (Wildman–Crippen MR) is 101 cm³/mol. The average Bonchev–Trinajstić information content (AvgIpc) is 2.99. The van der Waals surface area contributed by atoms with Crippen LogP contribution in [0.2, 0.25) is 0 Å². The lowest BCUT2D eigenvalue weighted by Crippen LogP contribution is -2.50. The van der Waals surface area contributed by atoms with Gasteiger partial charge in [0.25, 0.3) is 0 Å². The second kappa shape index (κ2) is 8.49. The van der Waals surface area contributed by atoms with Crippen molar-refractivity contribution in [1.82, 2.24) is 19.4 Å². The van der Waals surface area contributed by atoms with Crippen LogP contribution in [0.25, 0.3) is 11.0 Å². The quantitative estimate of drug-likeness (QED) is 0.773. The molecule has 2 heterocycles. The third-order valence-corrected chi connectivity index (χ3v) is 4.76. The minimum absolute atomic E-state index is 0.0297. The number of carboxylic acids is 1. The van der Waals surface area contributed by atoms with E-state index in [9.17, 15) is 9.59 Å². The summed E-state index contributed by atoms with van der Waals surface area (Å²) in [7, 11) is 1.74. The number of carbonyl (C=O) groups is 2. The molecule has 0 aliphatic carbocycles. The molecule has 0 spiro atoms. The highest BCUT2D eigenvalue weighted by Crippen LogP contribution is 2.17. The molecule has 8 nitrogen and oxygen atoms in total. The zero-order valence-electron chi connectivity index (χ0n) is 15.8. The number of rotatable bonds is 7. The number of hydrogen-bond acceptors (Lipinski definition) is 5. The summed E-state index contributed by atoms with van der Waals surface area (Å²) in [5.41, 5.74) is 1.87. The Morgan fingerprint density at radius 3 is 2.89 bits per heavy atom. The van der Waals surface area contributed by atoms with Crippen molar-refractivity contribution >= 4 is 22.9 Å². The minimum Gasteiger partial charge on any atom is -0.480 e. The van der Waals surface area contributed by atoms with Gasteiger partial charge in [-0.25, -0.2) is 4.98 Å². The fraction of sp³-hybridized carbons (Fsp3) is 0.526. The Morgan fingerprint density at radius 1 is 1.37 bits per heavy atom. The van der Waals surface area contributed by atoms with Gasteiger partial charge in [-0.2, -0.15) is 0 Å².